The summed E-state index contributed by atoms with van der Waals surface area (Å²) in [5.41, 5.74) is 2.12. The van der Waals surface area contributed by atoms with E-state index in [2.05, 4.69) is 20.9 Å². The molecular formula is C18H23N3O3. The number of hydrogen-bond acceptors (Lipinski definition) is 6. The first-order valence-corrected chi connectivity index (χ1v) is 8.20. The smallest absolute Gasteiger partial charge is 0.125 e. The summed E-state index contributed by atoms with van der Waals surface area (Å²) in [6, 6.07) is 9.92. The third-order valence-corrected chi connectivity index (χ3v) is 3.94. The molecule has 1 saturated heterocycles. The lowest BCUT2D eigenvalue weighted by Crippen LogP contribution is -2.38. The molecule has 0 aliphatic carbocycles. The van der Waals surface area contributed by atoms with Gasteiger partial charge in [0, 0.05) is 25.8 Å². The van der Waals surface area contributed by atoms with E-state index in [0.29, 0.717) is 13.2 Å². The highest BCUT2D eigenvalue weighted by Gasteiger charge is 2.23. The van der Waals surface area contributed by atoms with Crippen LogP contribution in [0.25, 0.3) is 0 Å². The standard InChI is InChI=1S/C18H23N3O3/c1-14-19-6-5-17(20-14)18-13-21(7-9-24-18)12-15-3-2-4-16(11-15)23-10-8-22/h2-6,11,18,22H,7-10,12-13H2,1H3. The van der Waals surface area contributed by atoms with Gasteiger partial charge < -0.3 is 14.6 Å². The molecule has 0 amide bonds. The van der Waals surface area contributed by atoms with Gasteiger partial charge in [0.25, 0.3) is 0 Å². The fourth-order valence-corrected chi connectivity index (χ4v) is 2.83. The summed E-state index contributed by atoms with van der Waals surface area (Å²) in [6.45, 7) is 5.45. The van der Waals surface area contributed by atoms with Crippen LogP contribution < -0.4 is 4.74 Å². The number of morpholine rings is 1. The SMILES string of the molecule is Cc1nccc(C2CN(Cc3cccc(OCCO)c3)CCO2)n1. The summed E-state index contributed by atoms with van der Waals surface area (Å²) >= 11 is 0. The Bertz CT molecular complexity index is 665. The molecule has 0 saturated carbocycles. The van der Waals surface area contributed by atoms with Crippen LogP contribution in [0.5, 0.6) is 5.75 Å². The van der Waals surface area contributed by atoms with Crippen LogP contribution in [0.3, 0.4) is 0 Å². The predicted octanol–water partition coefficient (Wildman–Crippen LogP) is 1.73. The lowest BCUT2D eigenvalue weighted by Gasteiger charge is -2.32. The second-order valence-corrected chi connectivity index (χ2v) is 5.84. The summed E-state index contributed by atoms with van der Waals surface area (Å²) in [5.74, 6) is 1.56. The first-order valence-electron chi connectivity index (χ1n) is 8.20. The maximum absolute atomic E-state index is 8.86. The van der Waals surface area contributed by atoms with E-state index in [0.717, 1.165) is 36.9 Å². The third kappa shape index (κ3) is 4.50. The summed E-state index contributed by atoms with van der Waals surface area (Å²) < 4.78 is 11.4. The average Bonchev–Trinajstić information content (AvgIpc) is 2.60. The van der Waals surface area contributed by atoms with Gasteiger partial charge in [-0.05, 0) is 30.7 Å². The Morgan fingerprint density at radius 2 is 2.29 bits per heavy atom. The topological polar surface area (TPSA) is 67.7 Å². The van der Waals surface area contributed by atoms with Crippen molar-refractivity contribution in [2.75, 3.05) is 32.9 Å². The highest BCUT2D eigenvalue weighted by atomic mass is 16.5. The summed E-state index contributed by atoms with van der Waals surface area (Å²) in [6.07, 6.45) is 1.76. The quantitative estimate of drug-likeness (QED) is 0.870. The van der Waals surface area contributed by atoms with Crippen LogP contribution in [-0.4, -0.2) is 52.9 Å². The maximum Gasteiger partial charge on any atom is 0.125 e. The summed E-state index contributed by atoms with van der Waals surface area (Å²) in [4.78, 5) is 11.0. The molecule has 1 N–H and O–H groups in total. The van der Waals surface area contributed by atoms with Crippen LogP contribution in [0.15, 0.2) is 36.5 Å². The largest absolute Gasteiger partial charge is 0.491 e. The van der Waals surface area contributed by atoms with E-state index in [9.17, 15) is 0 Å². The Kier molecular flexibility index (Phi) is 5.74. The summed E-state index contributed by atoms with van der Waals surface area (Å²) in [7, 11) is 0. The zero-order chi connectivity index (χ0) is 16.8. The Morgan fingerprint density at radius 1 is 1.38 bits per heavy atom. The van der Waals surface area contributed by atoms with Crippen molar-refractivity contribution >= 4 is 0 Å². The number of hydrogen-bond donors (Lipinski definition) is 1. The number of aliphatic hydroxyl groups excluding tert-OH is 1. The van der Waals surface area contributed by atoms with Gasteiger partial charge >= 0.3 is 0 Å². The van der Waals surface area contributed by atoms with Gasteiger partial charge in [0.15, 0.2) is 0 Å². The van der Waals surface area contributed by atoms with Gasteiger partial charge in [0.05, 0.1) is 18.9 Å². The average molecular weight is 329 g/mol. The molecule has 0 bridgehead atoms. The van der Waals surface area contributed by atoms with E-state index in [1.54, 1.807) is 6.20 Å². The van der Waals surface area contributed by atoms with Crippen molar-refractivity contribution in [3.8, 4) is 5.75 Å². The number of rotatable bonds is 6. The minimum Gasteiger partial charge on any atom is -0.491 e. The molecule has 6 nitrogen and oxygen atoms in total. The lowest BCUT2D eigenvalue weighted by atomic mass is 10.1. The van der Waals surface area contributed by atoms with Crippen molar-refractivity contribution in [1.29, 1.82) is 0 Å². The van der Waals surface area contributed by atoms with Crippen LogP contribution in [0.4, 0.5) is 0 Å². The normalized spacial score (nSPS) is 18.5. The van der Waals surface area contributed by atoms with E-state index in [-0.39, 0.29) is 12.7 Å². The van der Waals surface area contributed by atoms with Crippen molar-refractivity contribution in [1.82, 2.24) is 14.9 Å². The van der Waals surface area contributed by atoms with Gasteiger partial charge in [-0.25, -0.2) is 9.97 Å². The highest BCUT2D eigenvalue weighted by Crippen LogP contribution is 2.22. The van der Waals surface area contributed by atoms with E-state index >= 15 is 0 Å². The highest BCUT2D eigenvalue weighted by molar-refractivity contribution is 5.28. The molecule has 1 aliphatic rings. The number of aryl methyl sites for hydroxylation is 1. The van der Waals surface area contributed by atoms with Crippen LogP contribution in [-0.2, 0) is 11.3 Å². The maximum atomic E-state index is 8.86. The molecule has 1 fully saturated rings. The number of aromatic nitrogens is 2. The van der Waals surface area contributed by atoms with E-state index in [1.165, 1.54) is 5.56 Å². The van der Waals surface area contributed by atoms with Crippen molar-refractivity contribution < 1.29 is 14.6 Å². The Hall–Kier alpha value is -2.02. The fraction of sp³-hybridized carbons (Fsp3) is 0.444. The van der Waals surface area contributed by atoms with Gasteiger partial charge in [0.1, 0.15) is 24.3 Å². The fourth-order valence-electron chi connectivity index (χ4n) is 2.83. The monoisotopic (exact) mass is 329 g/mol. The minimum absolute atomic E-state index is 0.0192. The van der Waals surface area contributed by atoms with Gasteiger partial charge in [-0.1, -0.05) is 12.1 Å². The van der Waals surface area contributed by atoms with Crippen LogP contribution in [0.1, 0.15) is 23.2 Å². The van der Waals surface area contributed by atoms with Crippen molar-refractivity contribution in [2.45, 2.75) is 19.6 Å². The van der Waals surface area contributed by atoms with Gasteiger partial charge in [0.2, 0.25) is 0 Å². The molecule has 1 aromatic heterocycles. The molecule has 2 heterocycles. The molecule has 1 aromatic carbocycles. The van der Waals surface area contributed by atoms with E-state index in [4.69, 9.17) is 14.6 Å². The molecule has 1 atom stereocenters. The third-order valence-electron chi connectivity index (χ3n) is 3.94. The number of ether oxygens (including phenoxy) is 2. The Labute approximate surface area is 142 Å². The minimum atomic E-state index is -0.0192. The van der Waals surface area contributed by atoms with Crippen molar-refractivity contribution in [2.24, 2.45) is 0 Å². The molecule has 24 heavy (non-hydrogen) atoms. The lowest BCUT2D eigenvalue weighted by molar-refractivity contribution is -0.0351. The molecule has 1 aliphatic heterocycles. The second kappa shape index (κ2) is 8.19. The molecule has 6 heteroatoms. The van der Waals surface area contributed by atoms with Crippen molar-refractivity contribution in [3.63, 3.8) is 0 Å². The van der Waals surface area contributed by atoms with E-state index < -0.39 is 0 Å². The first-order chi connectivity index (χ1) is 11.7. The molecule has 0 radical (unpaired) electrons. The van der Waals surface area contributed by atoms with Crippen LogP contribution >= 0.6 is 0 Å². The van der Waals surface area contributed by atoms with Crippen LogP contribution in [0.2, 0.25) is 0 Å². The molecule has 2 aromatic rings. The van der Waals surface area contributed by atoms with Crippen LogP contribution in [0, 0.1) is 6.92 Å². The molecule has 3 rings (SSSR count). The number of nitrogens with zero attached hydrogens (tertiary/aromatic N) is 3. The summed E-state index contributed by atoms with van der Waals surface area (Å²) in [5, 5.41) is 8.86. The zero-order valence-corrected chi connectivity index (χ0v) is 13.9. The zero-order valence-electron chi connectivity index (χ0n) is 13.9. The molecule has 128 valence electrons. The molecular weight excluding hydrogens is 306 g/mol. The van der Waals surface area contributed by atoms with Gasteiger partial charge in [-0.2, -0.15) is 0 Å². The van der Waals surface area contributed by atoms with Gasteiger partial charge in [-0.15, -0.1) is 0 Å². The van der Waals surface area contributed by atoms with Crippen molar-refractivity contribution in [3.05, 3.63) is 53.6 Å². The Balaban J connectivity index is 1.63. The first kappa shape index (κ1) is 16.8. The predicted molar refractivity (Wildman–Crippen MR) is 89.8 cm³/mol. The molecule has 0 spiro atoms. The Morgan fingerprint density at radius 3 is 3.12 bits per heavy atom. The second-order valence-electron chi connectivity index (χ2n) is 5.84. The van der Waals surface area contributed by atoms with E-state index in [1.807, 2.05) is 31.2 Å². The number of benzene rings is 1. The number of aliphatic hydroxyl groups is 1. The van der Waals surface area contributed by atoms with Gasteiger partial charge in [-0.3, -0.25) is 4.90 Å². The molecule has 1 unspecified atom stereocenters.